The Balaban J connectivity index is 0.00000220. The summed E-state index contributed by atoms with van der Waals surface area (Å²) in [6, 6.07) is 1.83. The number of aromatic amines is 1. The number of hydrogen-bond donors (Lipinski definition) is 3. The molecule has 2 aromatic rings. The molecule has 1 atom stereocenters. The van der Waals surface area contributed by atoms with Crippen LogP contribution in [0.25, 0.3) is 11.0 Å². The molecule has 0 fully saturated rings. The van der Waals surface area contributed by atoms with Crippen molar-refractivity contribution in [3.8, 4) is 0 Å². The number of unbranched alkanes of at least 4 members (excludes halogenated alkanes) is 1. The van der Waals surface area contributed by atoms with E-state index in [1.165, 1.54) is 0 Å². The fraction of sp³-hybridized carbons (Fsp3) is 0.500. The molecule has 1 amide bonds. The number of hydrogen-bond acceptors (Lipinski definition) is 4. The monoisotopic (exact) mass is 347 g/mol. The molecule has 0 radical (unpaired) electrons. The molecular weight excluding hydrogens is 325 g/mol. The Morgan fingerprint density at radius 3 is 2.82 bits per heavy atom. The normalized spacial score (nSPS) is 11.4. The van der Waals surface area contributed by atoms with Gasteiger partial charge in [-0.15, -0.1) is 24.8 Å². The number of nitrogens with zero attached hydrogens (tertiary/aromatic N) is 2. The van der Waals surface area contributed by atoms with Gasteiger partial charge in [-0.05, 0) is 19.4 Å². The summed E-state index contributed by atoms with van der Waals surface area (Å²) in [6.45, 7) is 4.48. The first-order chi connectivity index (χ1) is 9.65. The number of carbonyl (C=O) groups is 1. The van der Waals surface area contributed by atoms with Crippen molar-refractivity contribution in [2.45, 2.75) is 39.2 Å². The van der Waals surface area contributed by atoms with E-state index >= 15 is 0 Å². The summed E-state index contributed by atoms with van der Waals surface area (Å²) in [5.41, 5.74) is 7.76. The van der Waals surface area contributed by atoms with E-state index in [2.05, 4.69) is 27.4 Å². The molecule has 1 unspecified atom stereocenters. The number of nitrogens with one attached hydrogen (secondary N) is 2. The highest BCUT2D eigenvalue weighted by atomic mass is 35.5. The zero-order chi connectivity index (χ0) is 14.5. The largest absolute Gasteiger partial charge is 0.348 e. The molecule has 0 aromatic carbocycles. The van der Waals surface area contributed by atoms with Crippen LogP contribution in [-0.4, -0.2) is 33.7 Å². The summed E-state index contributed by atoms with van der Waals surface area (Å²) in [7, 11) is 0. The molecule has 0 aliphatic carbocycles. The van der Waals surface area contributed by atoms with Gasteiger partial charge < -0.3 is 11.1 Å². The van der Waals surface area contributed by atoms with Crippen LogP contribution in [0.15, 0.2) is 12.3 Å². The van der Waals surface area contributed by atoms with Crippen molar-refractivity contribution in [2.24, 2.45) is 5.73 Å². The topological polar surface area (TPSA) is 96.7 Å². The van der Waals surface area contributed by atoms with Crippen molar-refractivity contribution in [1.29, 1.82) is 0 Å². The molecule has 2 heterocycles. The third-order valence-corrected chi connectivity index (χ3v) is 3.39. The number of nitrogens with two attached hydrogens (primary N) is 1. The summed E-state index contributed by atoms with van der Waals surface area (Å²) >= 11 is 0. The number of H-pyrrole nitrogens is 1. The Bertz CT molecular complexity index is 602. The van der Waals surface area contributed by atoms with Gasteiger partial charge in [0.1, 0.15) is 0 Å². The lowest BCUT2D eigenvalue weighted by Crippen LogP contribution is -2.40. The Morgan fingerprint density at radius 1 is 1.45 bits per heavy atom. The molecule has 0 spiro atoms. The first-order valence-electron chi connectivity index (χ1n) is 6.97. The number of halogens is 2. The van der Waals surface area contributed by atoms with E-state index in [0.717, 1.165) is 30.3 Å². The maximum atomic E-state index is 12.2. The second-order valence-corrected chi connectivity index (χ2v) is 4.99. The minimum atomic E-state index is -0.133. The van der Waals surface area contributed by atoms with Crippen molar-refractivity contribution in [3.63, 3.8) is 0 Å². The number of amides is 1. The smallest absolute Gasteiger partial charge is 0.253 e. The number of carbonyl (C=O) groups excluding carboxylic acids is 1. The minimum absolute atomic E-state index is 0. The van der Waals surface area contributed by atoms with E-state index in [4.69, 9.17) is 5.73 Å². The van der Waals surface area contributed by atoms with Gasteiger partial charge in [-0.2, -0.15) is 5.10 Å². The van der Waals surface area contributed by atoms with Crippen LogP contribution in [-0.2, 0) is 0 Å². The van der Waals surface area contributed by atoms with Crippen LogP contribution in [0.2, 0.25) is 0 Å². The van der Waals surface area contributed by atoms with E-state index in [0.29, 0.717) is 17.8 Å². The van der Waals surface area contributed by atoms with Gasteiger partial charge in [0.15, 0.2) is 5.65 Å². The number of fused-ring (bicyclic) bond motifs is 1. The Kier molecular flexibility index (Phi) is 9.01. The number of aromatic nitrogens is 3. The zero-order valence-corrected chi connectivity index (χ0v) is 14.4. The van der Waals surface area contributed by atoms with E-state index in [1.807, 2.05) is 13.0 Å². The van der Waals surface area contributed by atoms with Crippen LogP contribution in [0.5, 0.6) is 0 Å². The Labute approximate surface area is 142 Å². The molecule has 0 bridgehead atoms. The van der Waals surface area contributed by atoms with Gasteiger partial charge in [0.05, 0.1) is 5.56 Å². The van der Waals surface area contributed by atoms with Gasteiger partial charge in [0.2, 0.25) is 0 Å². The molecule has 2 rings (SSSR count). The summed E-state index contributed by atoms with van der Waals surface area (Å²) in [5.74, 6) is -0.133. The highest BCUT2D eigenvalue weighted by molar-refractivity contribution is 5.97. The average Bonchev–Trinajstić information content (AvgIpc) is 2.84. The second-order valence-electron chi connectivity index (χ2n) is 4.99. The molecule has 22 heavy (non-hydrogen) atoms. The molecule has 0 saturated heterocycles. The molecule has 8 heteroatoms. The van der Waals surface area contributed by atoms with Crippen LogP contribution in [0.3, 0.4) is 0 Å². The second kappa shape index (κ2) is 9.61. The lowest BCUT2D eigenvalue weighted by Gasteiger charge is -2.16. The standard InChI is InChI=1S/C14H21N5O.2ClH/c1-3-4-5-11(7-15)17-14(20)10-6-12-9(2)18-19-13(12)16-8-10;;/h6,8,11H,3-5,7,15H2,1-2H3,(H,17,20)(H,16,18,19);2*1H. The Morgan fingerprint density at radius 2 is 2.18 bits per heavy atom. The van der Waals surface area contributed by atoms with Gasteiger partial charge >= 0.3 is 0 Å². The molecule has 4 N–H and O–H groups in total. The van der Waals surface area contributed by atoms with E-state index in [9.17, 15) is 4.79 Å². The molecular formula is C14H23Cl2N5O. The predicted molar refractivity (Wildman–Crippen MR) is 93.0 cm³/mol. The van der Waals surface area contributed by atoms with Crippen LogP contribution in [0.4, 0.5) is 0 Å². The first-order valence-corrected chi connectivity index (χ1v) is 6.97. The van der Waals surface area contributed by atoms with Crippen molar-refractivity contribution in [1.82, 2.24) is 20.5 Å². The van der Waals surface area contributed by atoms with Gasteiger partial charge in [-0.25, -0.2) is 4.98 Å². The predicted octanol–water partition coefficient (Wildman–Crippen LogP) is 2.36. The van der Waals surface area contributed by atoms with E-state index in [-0.39, 0.29) is 36.8 Å². The summed E-state index contributed by atoms with van der Waals surface area (Å²) in [6.07, 6.45) is 4.60. The molecule has 0 aliphatic rings. The highest BCUT2D eigenvalue weighted by Crippen LogP contribution is 2.14. The third kappa shape index (κ3) is 4.83. The van der Waals surface area contributed by atoms with Crippen molar-refractivity contribution >= 4 is 41.8 Å². The fourth-order valence-corrected chi connectivity index (χ4v) is 2.11. The first kappa shape index (κ1) is 20.6. The highest BCUT2D eigenvalue weighted by Gasteiger charge is 2.14. The molecule has 6 nitrogen and oxygen atoms in total. The summed E-state index contributed by atoms with van der Waals surface area (Å²) in [5, 5.41) is 10.7. The summed E-state index contributed by atoms with van der Waals surface area (Å²) in [4.78, 5) is 16.4. The van der Waals surface area contributed by atoms with E-state index < -0.39 is 0 Å². The molecule has 124 valence electrons. The van der Waals surface area contributed by atoms with Crippen molar-refractivity contribution < 1.29 is 4.79 Å². The van der Waals surface area contributed by atoms with Crippen molar-refractivity contribution in [2.75, 3.05) is 6.54 Å². The third-order valence-electron chi connectivity index (χ3n) is 3.39. The summed E-state index contributed by atoms with van der Waals surface area (Å²) < 4.78 is 0. The number of aryl methyl sites for hydroxylation is 1. The van der Waals surface area contributed by atoms with Crippen LogP contribution in [0, 0.1) is 6.92 Å². The van der Waals surface area contributed by atoms with Crippen LogP contribution < -0.4 is 11.1 Å². The maximum absolute atomic E-state index is 12.2. The van der Waals surface area contributed by atoms with Crippen LogP contribution >= 0.6 is 24.8 Å². The minimum Gasteiger partial charge on any atom is -0.348 e. The fourth-order valence-electron chi connectivity index (χ4n) is 2.11. The van der Waals surface area contributed by atoms with Gasteiger partial charge in [0.25, 0.3) is 5.91 Å². The molecule has 0 aliphatic heterocycles. The van der Waals surface area contributed by atoms with Gasteiger partial charge in [-0.3, -0.25) is 9.89 Å². The Hall–Kier alpha value is -1.37. The average molecular weight is 348 g/mol. The SMILES string of the molecule is CCCCC(CN)NC(=O)c1cnc2n[nH]c(C)c2c1.Cl.Cl. The number of pyridine rings is 1. The zero-order valence-electron chi connectivity index (χ0n) is 12.8. The van der Waals surface area contributed by atoms with E-state index in [1.54, 1.807) is 6.20 Å². The van der Waals surface area contributed by atoms with Gasteiger partial charge in [0, 0.05) is 29.9 Å². The lowest BCUT2D eigenvalue weighted by molar-refractivity contribution is 0.0935. The van der Waals surface area contributed by atoms with Gasteiger partial charge in [-0.1, -0.05) is 19.8 Å². The molecule has 2 aromatic heterocycles. The molecule has 0 saturated carbocycles. The number of rotatable bonds is 6. The van der Waals surface area contributed by atoms with Crippen molar-refractivity contribution in [3.05, 3.63) is 23.5 Å². The maximum Gasteiger partial charge on any atom is 0.253 e. The quantitative estimate of drug-likeness (QED) is 0.747. The lowest BCUT2D eigenvalue weighted by atomic mass is 10.1. The van der Waals surface area contributed by atoms with Crippen LogP contribution in [0.1, 0.15) is 42.2 Å².